The average Bonchev–Trinajstić information content (AvgIpc) is 2.45. The Morgan fingerprint density at radius 2 is 2.04 bits per heavy atom. The molecule has 0 spiro atoms. The average molecular weight is 322 g/mol. The van der Waals surface area contributed by atoms with E-state index >= 15 is 0 Å². The van der Waals surface area contributed by atoms with Gasteiger partial charge in [0.15, 0.2) is 0 Å². The predicted molar refractivity (Wildman–Crippen MR) is 88.5 cm³/mol. The molecule has 3 N–H and O–H groups in total. The molecule has 1 aromatic carbocycles. The van der Waals surface area contributed by atoms with E-state index in [2.05, 4.69) is 0 Å². The standard InChI is InChI=1S/C18H27FN2O2/c1-18(2,3)16(22)9-12-8-13(20)11-21(10-12)17(23)14-6-4-5-7-15(14)19/h4-7,12-13,16,22H,8-11,20H2,1-3H3. The van der Waals surface area contributed by atoms with Gasteiger partial charge in [-0.05, 0) is 36.3 Å². The van der Waals surface area contributed by atoms with Crippen LogP contribution < -0.4 is 5.73 Å². The van der Waals surface area contributed by atoms with Crippen molar-refractivity contribution in [2.75, 3.05) is 13.1 Å². The molecule has 1 aliphatic rings. The molecule has 0 aliphatic carbocycles. The van der Waals surface area contributed by atoms with Crippen molar-refractivity contribution in [2.45, 2.75) is 45.8 Å². The maximum Gasteiger partial charge on any atom is 0.256 e. The maximum absolute atomic E-state index is 13.8. The van der Waals surface area contributed by atoms with Crippen LogP contribution in [-0.2, 0) is 0 Å². The summed E-state index contributed by atoms with van der Waals surface area (Å²) < 4.78 is 13.8. The molecule has 3 atom stereocenters. The summed E-state index contributed by atoms with van der Waals surface area (Å²) in [4.78, 5) is 14.2. The Labute approximate surface area is 137 Å². The molecule has 0 radical (unpaired) electrons. The van der Waals surface area contributed by atoms with Gasteiger partial charge in [0, 0.05) is 19.1 Å². The van der Waals surface area contributed by atoms with Gasteiger partial charge >= 0.3 is 0 Å². The molecule has 1 amide bonds. The second-order valence-electron chi connectivity index (χ2n) is 7.67. The monoisotopic (exact) mass is 322 g/mol. The number of piperidine rings is 1. The van der Waals surface area contributed by atoms with Gasteiger partial charge in [-0.3, -0.25) is 4.79 Å². The van der Waals surface area contributed by atoms with Crippen molar-refractivity contribution < 1.29 is 14.3 Å². The fourth-order valence-electron chi connectivity index (χ4n) is 3.06. The van der Waals surface area contributed by atoms with E-state index in [1.807, 2.05) is 20.8 Å². The molecule has 128 valence electrons. The number of nitrogens with zero attached hydrogens (tertiary/aromatic N) is 1. The van der Waals surface area contributed by atoms with E-state index in [0.29, 0.717) is 19.5 Å². The molecule has 0 bridgehead atoms. The lowest BCUT2D eigenvalue weighted by Gasteiger charge is -2.39. The first-order chi connectivity index (χ1) is 10.7. The van der Waals surface area contributed by atoms with Gasteiger partial charge in [0.1, 0.15) is 5.82 Å². The minimum absolute atomic E-state index is 0.0803. The summed E-state index contributed by atoms with van der Waals surface area (Å²) in [6.07, 6.45) is 0.912. The van der Waals surface area contributed by atoms with Gasteiger partial charge in [-0.2, -0.15) is 0 Å². The zero-order valence-corrected chi connectivity index (χ0v) is 14.1. The van der Waals surface area contributed by atoms with E-state index in [0.717, 1.165) is 6.42 Å². The topological polar surface area (TPSA) is 66.6 Å². The number of carbonyl (C=O) groups is 1. The summed E-state index contributed by atoms with van der Waals surface area (Å²) in [6, 6.07) is 5.86. The first-order valence-electron chi connectivity index (χ1n) is 8.16. The molecule has 0 saturated carbocycles. The molecule has 0 aromatic heterocycles. The smallest absolute Gasteiger partial charge is 0.256 e. The molecular formula is C18H27FN2O2. The minimum atomic E-state index is -0.511. The molecule has 5 heteroatoms. The number of likely N-dealkylation sites (tertiary alicyclic amines) is 1. The number of amides is 1. The SMILES string of the molecule is CC(C)(C)C(O)CC1CC(N)CN(C(=O)c2ccccc2F)C1. The Balaban J connectivity index is 2.09. The van der Waals surface area contributed by atoms with Crippen LogP contribution in [0.25, 0.3) is 0 Å². The van der Waals surface area contributed by atoms with Crippen molar-refractivity contribution >= 4 is 5.91 Å². The number of halogens is 1. The number of aliphatic hydroxyl groups is 1. The zero-order chi connectivity index (χ0) is 17.2. The van der Waals surface area contributed by atoms with Crippen LogP contribution in [0.2, 0.25) is 0 Å². The van der Waals surface area contributed by atoms with E-state index in [1.54, 1.807) is 17.0 Å². The Bertz CT molecular complexity index is 556. The summed E-state index contributed by atoms with van der Waals surface area (Å²) in [7, 11) is 0. The highest BCUT2D eigenvalue weighted by molar-refractivity contribution is 5.94. The van der Waals surface area contributed by atoms with Crippen LogP contribution in [0.5, 0.6) is 0 Å². The minimum Gasteiger partial charge on any atom is -0.393 e. The second kappa shape index (κ2) is 6.97. The number of carbonyl (C=O) groups excluding carboxylic acids is 1. The van der Waals surface area contributed by atoms with Crippen LogP contribution in [0, 0.1) is 17.2 Å². The van der Waals surface area contributed by atoms with E-state index in [9.17, 15) is 14.3 Å². The van der Waals surface area contributed by atoms with Gasteiger partial charge in [-0.25, -0.2) is 4.39 Å². The molecule has 1 aromatic rings. The van der Waals surface area contributed by atoms with Crippen molar-refractivity contribution in [3.8, 4) is 0 Å². The molecule has 1 heterocycles. The summed E-state index contributed by atoms with van der Waals surface area (Å²) in [6.45, 7) is 6.90. The third-order valence-corrected chi connectivity index (χ3v) is 4.52. The third kappa shape index (κ3) is 4.52. The van der Waals surface area contributed by atoms with Crippen LogP contribution >= 0.6 is 0 Å². The first-order valence-corrected chi connectivity index (χ1v) is 8.16. The molecule has 1 aliphatic heterocycles. The number of aliphatic hydroxyl groups excluding tert-OH is 1. The Kier molecular flexibility index (Phi) is 5.42. The van der Waals surface area contributed by atoms with Gasteiger partial charge in [-0.15, -0.1) is 0 Å². The first kappa shape index (κ1) is 17.9. The van der Waals surface area contributed by atoms with Crippen molar-refractivity contribution in [1.82, 2.24) is 4.90 Å². The van der Waals surface area contributed by atoms with Crippen LogP contribution in [0.3, 0.4) is 0 Å². The lowest BCUT2D eigenvalue weighted by Crippen LogP contribution is -2.50. The lowest BCUT2D eigenvalue weighted by atomic mass is 9.80. The van der Waals surface area contributed by atoms with Crippen molar-refractivity contribution in [3.05, 3.63) is 35.6 Å². The molecule has 1 saturated heterocycles. The molecule has 1 fully saturated rings. The molecule has 2 rings (SSSR count). The second-order valence-corrected chi connectivity index (χ2v) is 7.67. The van der Waals surface area contributed by atoms with Crippen LogP contribution in [0.4, 0.5) is 4.39 Å². The Morgan fingerprint density at radius 1 is 1.39 bits per heavy atom. The summed E-state index contributed by atoms with van der Waals surface area (Å²) in [5.41, 5.74) is 5.96. The van der Waals surface area contributed by atoms with Gasteiger partial charge < -0.3 is 15.7 Å². The zero-order valence-electron chi connectivity index (χ0n) is 14.1. The van der Waals surface area contributed by atoms with E-state index in [-0.39, 0.29) is 28.8 Å². The highest BCUT2D eigenvalue weighted by Gasteiger charge is 2.33. The van der Waals surface area contributed by atoms with E-state index in [4.69, 9.17) is 5.73 Å². The lowest BCUT2D eigenvalue weighted by molar-refractivity contribution is 0.0230. The predicted octanol–water partition coefficient (Wildman–Crippen LogP) is 2.41. The maximum atomic E-state index is 13.8. The number of hydrogen-bond donors (Lipinski definition) is 2. The number of benzene rings is 1. The van der Waals surface area contributed by atoms with Gasteiger partial charge in [-0.1, -0.05) is 32.9 Å². The Morgan fingerprint density at radius 3 is 2.65 bits per heavy atom. The van der Waals surface area contributed by atoms with Crippen LogP contribution in [-0.4, -0.2) is 41.1 Å². The fraction of sp³-hybridized carbons (Fsp3) is 0.611. The van der Waals surface area contributed by atoms with Gasteiger partial charge in [0.05, 0.1) is 11.7 Å². The van der Waals surface area contributed by atoms with Crippen molar-refractivity contribution in [3.63, 3.8) is 0 Å². The number of hydrogen-bond acceptors (Lipinski definition) is 3. The molecule has 4 nitrogen and oxygen atoms in total. The fourth-order valence-corrected chi connectivity index (χ4v) is 3.06. The van der Waals surface area contributed by atoms with Crippen LogP contribution in [0.1, 0.15) is 44.0 Å². The summed E-state index contributed by atoms with van der Waals surface area (Å²) in [5, 5.41) is 10.3. The third-order valence-electron chi connectivity index (χ3n) is 4.52. The number of rotatable bonds is 3. The Hall–Kier alpha value is -1.46. The molecule has 23 heavy (non-hydrogen) atoms. The van der Waals surface area contributed by atoms with Crippen molar-refractivity contribution in [2.24, 2.45) is 17.1 Å². The number of nitrogens with two attached hydrogens (primary N) is 1. The van der Waals surface area contributed by atoms with Crippen LogP contribution in [0.15, 0.2) is 24.3 Å². The largest absolute Gasteiger partial charge is 0.393 e. The van der Waals surface area contributed by atoms with Crippen molar-refractivity contribution in [1.29, 1.82) is 0 Å². The molecule has 3 unspecified atom stereocenters. The summed E-state index contributed by atoms with van der Waals surface area (Å²) in [5.74, 6) is -0.708. The quantitative estimate of drug-likeness (QED) is 0.898. The van der Waals surface area contributed by atoms with Gasteiger partial charge in [0.2, 0.25) is 0 Å². The normalized spacial score (nSPS) is 23.7. The highest BCUT2D eigenvalue weighted by atomic mass is 19.1. The van der Waals surface area contributed by atoms with E-state index < -0.39 is 11.9 Å². The molecular weight excluding hydrogens is 295 g/mol. The highest BCUT2D eigenvalue weighted by Crippen LogP contribution is 2.29. The summed E-state index contributed by atoms with van der Waals surface area (Å²) >= 11 is 0. The van der Waals surface area contributed by atoms with Gasteiger partial charge in [0.25, 0.3) is 5.91 Å². The van der Waals surface area contributed by atoms with E-state index in [1.165, 1.54) is 12.1 Å².